The van der Waals surface area contributed by atoms with Crippen LogP contribution in [0.25, 0.3) is 76.8 Å². The Morgan fingerprint density at radius 2 is 0.762 bits per heavy atom. The first-order chi connectivity index (χ1) is 31.2. The topological polar surface area (TPSA) is 36.8 Å². The van der Waals surface area contributed by atoms with Crippen molar-refractivity contribution in [1.82, 2.24) is 5.32 Å². The lowest BCUT2D eigenvalue weighted by atomic mass is 9.79. The van der Waals surface area contributed by atoms with Crippen LogP contribution in [0.3, 0.4) is 0 Å². The molecule has 298 valence electrons. The van der Waals surface area contributed by atoms with E-state index >= 15 is 0 Å². The first-order valence-corrected chi connectivity index (χ1v) is 22.2. The largest absolute Gasteiger partial charge is 0.343 e. The number of thiophene rings is 1. The van der Waals surface area contributed by atoms with Crippen LogP contribution in [-0.4, -0.2) is 11.7 Å². The molecular formula is C59H41N3S. The Balaban J connectivity index is 1.08. The summed E-state index contributed by atoms with van der Waals surface area (Å²) in [5.74, 6) is 1.50. The van der Waals surface area contributed by atoms with Gasteiger partial charge in [-0.05, 0) is 90.3 Å². The zero-order valence-electron chi connectivity index (χ0n) is 34.4. The fraction of sp³-hybridized carbons (Fsp3) is 0.0169. The molecule has 0 saturated heterocycles. The van der Waals surface area contributed by atoms with Crippen molar-refractivity contribution in [3.05, 3.63) is 253 Å². The van der Waals surface area contributed by atoms with Crippen molar-refractivity contribution in [3.8, 4) is 66.8 Å². The molecule has 3 nitrogen and oxygen atoms in total. The van der Waals surface area contributed by atoms with Gasteiger partial charge in [0.1, 0.15) is 5.84 Å². The first kappa shape index (κ1) is 38.0. The number of amidine groups is 2. The predicted octanol–water partition coefficient (Wildman–Crippen LogP) is 15.4. The summed E-state index contributed by atoms with van der Waals surface area (Å²) < 4.78 is 1.24. The van der Waals surface area contributed by atoms with Crippen LogP contribution in [-0.2, 0) is 0 Å². The number of hydrogen-bond acceptors (Lipinski definition) is 4. The molecule has 4 heteroatoms. The zero-order valence-corrected chi connectivity index (χ0v) is 35.2. The lowest BCUT2D eigenvalue weighted by molar-refractivity contribution is 0.687. The molecule has 0 amide bonds. The smallest absolute Gasteiger partial charge is 0.159 e. The average molecular weight is 824 g/mol. The summed E-state index contributed by atoms with van der Waals surface area (Å²) >= 11 is 1.77. The van der Waals surface area contributed by atoms with E-state index in [1.54, 1.807) is 11.3 Å². The molecular weight excluding hydrogens is 783 g/mol. The van der Waals surface area contributed by atoms with E-state index in [0.717, 1.165) is 38.5 Å². The second-order valence-electron chi connectivity index (χ2n) is 15.7. The molecule has 0 fully saturated rings. The summed E-state index contributed by atoms with van der Waals surface area (Å²) in [6.45, 7) is 0. The highest BCUT2D eigenvalue weighted by Crippen LogP contribution is 2.50. The highest BCUT2D eigenvalue weighted by molar-refractivity contribution is 7.19. The van der Waals surface area contributed by atoms with Gasteiger partial charge in [-0.2, -0.15) is 0 Å². The van der Waals surface area contributed by atoms with Crippen LogP contribution < -0.4 is 5.32 Å². The average Bonchev–Trinajstić information content (AvgIpc) is 3.82. The zero-order chi connectivity index (χ0) is 42.0. The molecule has 0 bridgehead atoms. The molecule has 1 atom stereocenters. The molecule has 1 N–H and O–H groups in total. The minimum Gasteiger partial charge on any atom is -0.343 e. The van der Waals surface area contributed by atoms with Gasteiger partial charge >= 0.3 is 0 Å². The lowest BCUT2D eigenvalue weighted by Crippen LogP contribution is -2.33. The van der Waals surface area contributed by atoms with E-state index in [0.29, 0.717) is 5.84 Å². The number of nitrogens with zero attached hydrogens (tertiary/aromatic N) is 2. The normalized spacial score (nSPS) is 13.6. The van der Waals surface area contributed by atoms with Crippen LogP contribution in [0.5, 0.6) is 0 Å². The Morgan fingerprint density at radius 1 is 0.349 bits per heavy atom. The van der Waals surface area contributed by atoms with Crippen molar-refractivity contribution in [2.75, 3.05) is 0 Å². The van der Waals surface area contributed by atoms with Crippen molar-refractivity contribution >= 4 is 33.1 Å². The van der Waals surface area contributed by atoms with Crippen molar-refractivity contribution in [2.24, 2.45) is 9.98 Å². The number of hydrogen-bond donors (Lipinski definition) is 1. The van der Waals surface area contributed by atoms with Crippen molar-refractivity contribution < 1.29 is 0 Å². The molecule has 1 aromatic heterocycles. The minimum atomic E-state index is -0.296. The van der Waals surface area contributed by atoms with E-state index in [9.17, 15) is 0 Å². The van der Waals surface area contributed by atoms with Crippen LogP contribution in [0.2, 0.25) is 0 Å². The molecule has 1 aliphatic rings. The minimum absolute atomic E-state index is 0.296. The molecule has 0 radical (unpaired) electrons. The third-order valence-corrected chi connectivity index (χ3v) is 12.9. The molecule has 0 aliphatic carbocycles. The number of rotatable bonds is 9. The van der Waals surface area contributed by atoms with Crippen molar-refractivity contribution in [3.63, 3.8) is 0 Å². The lowest BCUT2D eigenvalue weighted by Gasteiger charge is -2.25. The predicted molar refractivity (Wildman–Crippen MR) is 266 cm³/mol. The Morgan fingerprint density at radius 3 is 1.32 bits per heavy atom. The Kier molecular flexibility index (Phi) is 10.2. The second kappa shape index (κ2) is 16.9. The summed E-state index contributed by atoms with van der Waals surface area (Å²) in [6.07, 6.45) is -0.296. The maximum atomic E-state index is 5.31. The van der Waals surface area contributed by atoms with Crippen molar-refractivity contribution in [2.45, 2.75) is 6.17 Å². The third kappa shape index (κ3) is 7.58. The van der Waals surface area contributed by atoms with E-state index in [-0.39, 0.29) is 6.17 Å². The molecule has 1 unspecified atom stereocenters. The molecule has 0 spiro atoms. The summed E-state index contributed by atoms with van der Waals surface area (Å²) in [4.78, 5) is 11.7. The van der Waals surface area contributed by atoms with E-state index in [1.807, 2.05) is 6.07 Å². The molecule has 11 rings (SSSR count). The highest BCUT2D eigenvalue weighted by Gasteiger charge is 2.25. The maximum Gasteiger partial charge on any atom is 0.159 e. The molecule has 63 heavy (non-hydrogen) atoms. The van der Waals surface area contributed by atoms with Crippen LogP contribution in [0.4, 0.5) is 0 Å². The second-order valence-corrected chi connectivity index (χ2v) is 16.8. The van der Waals surface area contributed by atoms with Gasteiger partial charge in [0.15, 0.2) is 12.0 Å². The molecule has 9 aromatic carbocycles. The summed E-state index contributed by atoms with van der Waals surface area (Å²) in [5, 5.41) is 4.92. The molecule has 1 aliphatic heterocycles. The maximum absolute atomic E-state index is 5.31. The highest BCUT2D eigenvalue weighted by atomic mass is 32.1. The SMILES string of the molecule is c1ccc(-c2ccc(C3=NC(c4ccc(-c5cc(-c6ccccc6)c(-c6ccccc6)c(-c6ccccc6)c5-c5ccccc5)cc4)=NC(c4cc5ccccc5s4)N3)cc2)cc1. The fourth-order valence-electron chi connectivity index (χ4n) is 8.72. The number of nitrogens with one attached hydrogen (secondary N) is 1. The van der Waals surface area contributed by atoms with Crippen molar-refractivity contribution in [1.29, 1.82) is 0 Å². The van der Waals surface area contributed by atoms with Crippen LogP contribution in [0.1, 0.15) is 22.2 Å². The van der Waals surface area contributed by atoms with Gasteiger partial charge in [-0.3, -0.25) is 0 Å². The van der Waals surface area contributed by atoms with Gasteiger partial charge < -0.3 is 5.32 Å². The Bertz CT molecular complexity index is 3220. The van der Waals surface area contributed by atoms with Gasteiger partial charge in [-0.1, -0.05) is 218 Å². The Hall–Kier alpha value is -7.92. The standard InChI is InChI=1S/C59H41N3S/c1-6-18-40(19-7-1)41-30-34-47(35-31-41)57-60-58(62-59(61-57)53-38-49-28-16-17-29-52(49)63-53)48-36-32-43(33-37-48)51-39-50(42-20-8-2-9-21-42)54(44-22-10-3-11-23-44)56(46-26-14-5-15-27-46)55(51)45-24-12-4-13-25-45/h1-39,59H,(H,60,61,62). The number of fused-ring (bicyclic) bond motifs is 1. The van der Waals surface area contributed by atoms with Gasteiger partial charge in [0.25, 0.3) is 0 Å². The van der Waals surface area contributed by atoms with Crippen LogP contribution in [0.15, 0.2) is 247 Å². The first-order valence-electron chi connectivity index (χ1n) is 21.3. The van der Waals surface area contributed by atoms with Gasteiger partial charge in [0, 0.05) is 15.8 Å². The molecule has 2 heterocycles. The summed E-state index contributed by atoms with van der Waals surface area (Å²) in [7, 11) is 0. The van der Waals surface area contributed by atoms with E-state index in [2.05, 4.69) is 236 Å². The Labute approximate surface area is 372 Å². The summed E-state index contributed by atoms with van der Waals surface area (Å²) in [6, 6.07) is 84.5. The van der Waals surface area contributed by atoms with Gasteiger partial charge in [0.2, 0.25) is 0 Å². The summed E-state index contributed by atoms with van der Waals surface area (Å²) in [5.41, 5.74) is 16.0. The third-order valence-electron chi connectivity index (χ3n) is 11.8. The monoisotopic (exact) mass is 823 g/mol. The molecule has 0 saturated carbocycles. The quantitative estimate of drug-likeness (QED) is 0.155. The van der Waals surface area contributed by atoms with Gasteiger partial charge in [-0.15, -0.1) is 11.3 Å². The van der Waals surface area contributed by atoms with Gasteiger partial charge in [-0.25, -0.2) is 9.98 Å². The van der Waals surface area contributed by atoms with E-state index in [1.165, 1.54) is 60.2 Å². The van der Waals surface area contributed by atoms with Gasteiger partial charge in [0.05, 0.1) is 4.88 Å². The van der Waals surface area contributed by atoms with Crippen LogP contribution in [0, 0.1) is 0 Å². The van der Waals surface area contributed by atoms with E-state index < -0.39 is 0 Å². The van der Waals surface area contributed by atoms with E-state index in [4.69, 9.17) is 9.98 Å². The number of benzene rings is 9. The molecule has 10 aromatic rings. The number of aliphatic imine (C=N–C) groups is 2. The fourth-order valence-corrected chi connectivity index (χ4v) is 9.77. The van der Waals surface area contributed by atoms with Crippen LogP contribution >= 0.6 is 11.3 Å².